The number of hydrogen-bond acceptors (Lipinski definition) is 3. The van der Waals surface area contributed by atoms with Gasteiger partial charge in [0, 0.05) is 17.7 Å². The Morgan fingerprint density at radius 1 is 1.42 bits per heavy atom. The molecule has 0 spiro atoms. The quantitative estimate of drug-likeness (QED) is 0.785. The first-order valence-electron chi connectivity index (χ1n) is 6.74. The minimum absolute atomic E-state index is 0.0840. The first kappa shape index (κ1) is 14.0. The van der Waals surface area contributed by atoms with E-state index in [1.807, 2.05) is 6.07 Å². The first-order valence-corrected chi connectivity index (χ1v) is 6.74. The van der Waals surface area contributed by atoms with E-state index in [-0.39, 0.29) is 22.6 Å². The lowest BCUT2D eigenvalue weighted by Crippen LogP contribution is -2.34. The SMILES string of the molecule is CC(C)(C)c1ccc(C=O)c(=O)n1CC1CCCO1. The summed E-state index contributed by atoms with van der Waals surface area (Å²) in [5, 5.41) is 0. The zero-order valence-corrected chi connectivity index (χ0v) is 11.8. The summed E-state index contributed by atoms with van der Waals surface area (Å²) in [6.45, 7) is 7.49. The van der Waals surface area contributed by atoms with Crippen LogP contribution in [0.2, 0.25) is 0 Å². The molecule has 0 aliphatic carbocycles. The van der Waals surface area contributed by atoms with Crippen molar-refractivity contribution >= 4 is 6.29 Å². The van der Waals surface area contributed by atoms with Crippen molar-refractivity contribution < 1.29 is 9.53 Å². The Morgan fingerprint density at radius 2 is 2.16 bits per heavy atom. The van der Waals surface area contributed by atoms with Crippen LogP contribution in [0, 0.1) is 0 Å². The van der Waals surface area contributed by atoms with Gasteiger partial charge in [-0.25, -0.2) is 0 Å². The number of hydrogen-bond donors (Lipinski definition) is 0. The summed E-state index contributed by atoms with van der Waals surface area (Å²) in [7, 11) is 0. The minimum atomic E-state index is -0.210. The highest BCUT2D eigenvalue weighted by Gasteiger charge is 2.23. The zero-order chi connectivity index (χ0) is 14.0. The Labute approximate surface area is 113 Å². The van der Waals surface area contributed by atoms with Gasteiger partial charge < -0.3 is 9.30 Å². The molecule has 1 aromatic rings. The van der Waals surface area contributed by atoms with Gasteiger partial charge in [-0.15, -0.1) is 0 Å². The topological polar surface area (TPSA) is 48.3 Å². The lowest BCUT2D eigenvalue weighted by Gasteiger charge is -2.25. The second-order valence-electron chi connectivity index (χ2n) is 6.09. The third-order valence-electron chi connectivity index (χ3n) is 3.51. The molecule has 4 heteroatoms. The molecule has 0 N–H and O–H groups in total. The molecule has 1 aliphatic rings. The molecule has 0 amide bonds. The molecule has 1 aromatic heterocycles. The van der Waals surface area contributed by atoms with Crippen molar-refractivity contribution in [3.63, 3.8) is 0 Å². The van der Waals surface area contributed by atoms with E-state index in [9.17, 15) is 9.59 Å². The first-order chi connectivity index (χ1) is 8.93. The molecule has 104 valence electrons. The summed E-state index contributed by atoms with van der Waals surface area (Å²) in [4.78, 5) is 23.3. The Balaban J connectivity index is 2.46. The number of rotatable bonds is 3. The number of nitrogens with zero attached hydrogens (tertiary/aromatic N) is 1. The van der Waals surface area contributed by atoms with Gasteiger partial charge in [-0.3, -0.25) is 9.59 Å². The van der Waals surface area contributed by atoms with Gasteiger partial charge >= 0.3 is 0 Å². The largest absolute Gasteiger partial charge is 0.376 e. The average molecular weight is 263 g/mol. The minimum Gasteiger partial charge on any atom is -0.376 e. The van der Waals surface area contributed by atoms with E-state index in [2.05, 4.69) is 20.8 Å². The van der Waals surface area contributed by atoms with E-state index < -0.39 is 0 Å². The zero-order valence-electron chi connectivity index (χ0n) is 11.8. The lowest BCUT2D eigenvalue weighted by atomic mass is 9.90. The van der Waals surface area contributed by atoms with Crippen molar-refractivity contribution in [1.82, 2.24) is 4.57 Å². The molecule has 2 rings (SSSR count). The maximum atomic E-state index is 12.3. The number of carbonyl (C=O) groups is 1. The van der Waals surface area contributed by atoms with E-state index in [1.54, 1.807) is 10.6 Å². The van der Waals surface area contributed by atoms with E-state index >= 15 is 0 Å². The van der Waals surface area contributed by atoms with Gasteiger partial charge in [0.1, 0.15) is 0 Å². The standard InChI is InChI=1S/C15H21NO3/c1-15(2,3)13-7-6-11(10-17)14(18)16(13)9-12-5-4-8-19-12/h6-7,10,12H,4-5,8-9H2,1-3H3. The monoisotopic (exact) mass is 263 g/mol. The van der Waals surface area contributed by atoms with Gasteiger partial charge in [-0.1, -0.05) is 20.8 Å². The van der Waals surface area contributed by atoms with E-state index in [1.165, 1.54) is 0 Å². The van der Waals surface area contributed by atoms with Crippen LogP contribution in [0.3, 0.4) is 0 Å². The molecule has 1 unspecified atom stereocenters. The highest BCUT2D eigenvalue weighted by atomic mass is 16.5. The summed E-state index contributed by atoms with van der Waals surface area (Å²) >= 11 is 0. The molecule has 1 saturated heterocycles. The second-order valence-corrected chi connectivity index (χ2v) is 6.09. The predicted octanol–water partition coefficient (Wildman–Crippen LogP) is 2.14. The maximum Gasteiger partial charge on any atom is 0.261 e. The normalized spacial score (nSPS) is 19.6. The van der Waals surface area contributed by atoms with Gasteiger partial charge in [-0.05, 0) is 25.0 Å². The van der Waals surface area contributed by atoms with Gasteiger partial charge in [0.2, 0.25) is 0 Å². The number of ether oxygens (including phenoxy) is 1. The summed E-state index contributed by atoms with van der Waals surface area (Å²) in [6.07, 6.45) is 2.72. The van der Waals surface area contributed by atoms with Crippen LogP contribution in [0.15, 0.2) is 16.9 Å². The van der Waals surface area contributed by atoms with E-state index in [0.717, 1.165) is 25.1 Å². The van der Waals surface area contributed by atoms with Crippen LogP contribution in [0.4, 0.5) is 0 Å². The van der Waals surface area contributed by atoms with Gasteiger partial charge in [-0.2, -0.15) is 0 Å². The van der Waals surface area contributed by atoms with Crippen molar-refractivity contribution in [3.05, 3.63) is 33.7 Å². The van der Waals surface area contributed by atoms with Crippen LogP contribution < -0.4 is 5.56 Å². The summed E-state index contributed by atoms with van der Waals surface area (Å²) < 4.78 is 7.31. The van der Waals surface area contributed by atoms with Gasteiger partial charge in [0.15, 0.2) is 6.29 Å². The fourth-order valence-corrected chi connectivity index (χ4v) is 2.51. The fraction of sp³-hybridized carbons (Fsp3) is 0.600. The molecule has 0 radical (unpaired) electrons. The molecular formula is C15H21NO3. The third-order valence-corrected chi connectivity index (χ3v) is 3.51. The summed E-state index contributed by atoms with van der Waals surface area (Å²) in [6, 6.07) is 3.49. The number of aromatic nitrogens is 1. The van der Waals surface area contributed by atoms with Crippen LogP contribution in [0.25, 0.3) is 0 Å². The second kappa shape index (κ2) is 5.29. The Kier molecular flexibility index (Phi) is 3.90. The van der Waals surface area contributed by atoms with Gasteiger partial charge in [0.05, 0.1) is 18.2 Å². The molecule has 1 aliphatic heterocycles. The lowest BCUT2D eigenvalue weighted by molar-refractivity contribution is 0.0943. The molecule has 19 heavy (non-hydrogen) atoms. The molecule has 4 nitrogen and oxygen atoms in total. The average Bonchev–Trinajstić information content (AvgIpc) is 2.83. The van der Waals surface area contributed by atoms with Crippen molar-refractivity contribution in [2.75, 3.05) is 6.61 Å². The molecule has 1 fully saturated rings. The Hall–Kier alpha value is -1.42. The Morgan fingerprint density at radius 3 is 2.68 bits per heavy atom. The summed E-state index contributed by atoms with van der Waals surface area (Å²) in [5.41, 5.74) is 0.807. The molecule has 0 saturated carbocycles. The van der Waals surface area contributed by atoms with E-state index in [4.69, 9.17) is 4.74 Å². The van der Waals surface area contributed by atoms with Crippen LogP contribution in [-0.4, -0.2) is 23.6 Å². The van der Waals surface area contributed by atoms with Crippen LogP contribution in [-0.2, 0) is 16.7 Å². The molecule has 0 bridgehead atoms. The molecular weight excluding hydrogens is 242 g/mol. The Bertz CT molecular complexity index is 519. The van der Waals surface area contributed by atoms with Crippen LogP contribution >= 0.6 is 0 Å². The van der Waals surface area contributed by atoms with Crippen molar-refractivity contribution in [2.45, 2.75) is 51.7 Å². The number of pyridine rings is 1. The molecule has 1 atom stereocenters. The smallest absolute Gasteiger partial charge is 0.261 e. The predicted molar refractivity (Wildman–Crippen MR) is 73.8 cm³/mol. The van der Waals surface area contributed by atoms with Gasteiger partial charge in [0.25, 0.3) is 5.56 Å². The van der Waals surface area contributed by atoms with Crippen LogP contribution in [0.1, 0.15) is 49.7 Å². The van der Waals surface area contributed by atoms with Crippen molar-refractivity contribution in [3.8, 4) is 0 Å². The number of carbonyl (C=O) groups excluding carboxylic acids is 1. The van der Waals surface area contributed by atoms with Crippen molar-refractivity contribution in [1.29, 1.82) is 0 Å². The third kappa shape index (κ3) is 2.95. The number of aldehydes is 1. The van der Waals surface area contributed by atoms with Crippen LogP contribution in [0.5, 0.6) is 0 Å². The maximum absolute atomic E-state index is 12.3. The van der Waals surface area contributed by atoms with Crippen molar-refractivity contribution in [2.24, 2.45) is 0 Å². The highest BCUT2D eigenvalue weighted by Crippen LogP contribution is 2.23. The highest BCUT2D eigenvalue weighted by molar-refractivity contribution is 5.74. The van der Waals surface area contributed by atoms with E-state index in [0.29, 0.717) is 12.8 Å². The fourth-order valence-electron chi connectivity index (χ4n) is 2.51. The summed E-state index contributed by atoms with van der Waals surface area (Å²) in [5.74, 6) is 0. The molecule has 2 heterocycles. The molecule has 0 aromatic carbocycles.